The highest BCUT2D eigenvalue weighted by atomic mass is 35.5. The zero-order chi connectivity index (χ0) is 18.7. The molecule has 8 heteroatoms. The highest BCUT2D eigenvalue weighted by molar-refractivity contribution is 7.89. The molecule has 3 rings (SSSR count). The van der Waals surface area contributed by atoms with Crippen molar-refractivity contribution >= 4 is 27.6 Å². The topological polar surface area (TPSA) is 63.7 Å². The number of para-hydroxylation sites is 1. The van der Waals surface area contributed by atoms with Crippen LogP contribution in [0.2, 0.25) is 5.02 Å². The van der Waals surface area contributed by atoms with Gasteiger partial charge in [-0.3, -0.25) is 4.79 Å². The van der Waals surface area contributed by atoms with Crippen molar-refractivity contribution in [1.82, 2.24) is 4.31 Å². The van der Waals surface area contributed by atoms with Gasteiger partial charge in [0.05, 0.1) is 15.8 Å². The van der Waals surface area contributed by atoms with E-state index in [1.54, 1.807) is 24.3 Å². The van der Waals surface area contributed by atoms with Crippen LogP contribution in [-0.2, 0) is 14.8 Å². The molecule has 0 spiro atoms. The maximum absolute atomic E-state index is 13.0. The lowest BCUT2D eigenvalue weighted by atomic mass is 10.00. The van der Waals surface area contributed by atoms with E-state index in [0.29, 0.717) is 24.4 Å². The van der Waals surface area contributed by atoms with E-state index >= 15 is 0 Å². The number of carbonyl (C=O) groups excluding carboxylic acids is 1. The van der Waals surface area contributed by atoms with Gasteiger partial charge in [0.15, 0.2) is 0 Å². The monoisotopic (exact) mass is 397 g/mol. The molecule has 0 saturated carbocycles. The fourth-order valence-electron chi connectivity index (χ4n) is 2.83. The number of sulfonamides is 1. The van der Waals surface area contributed by atoms with Crippen molar-refractivity contribution in [2.24, 2.45) is 5.92 Å². The average Bonchev–Trinajstić information content (AvgIpc) is 2.64. The normalized spacial score (nSPS) is 18.5. The Hall–Kier alpha value is -1.96. The predicted octanol–water partition coefficient (Wildman–Crippen LogP) is 3.49. The van der Waals surface area contributed by atoms with Crippen molar-refractivity contribution < 1.29 is 22.3 Å². The van der Waals surface area contributed by atoms with E-state index in [-0.39, 0.29) is 17.2 Å². The number of ether oxygens (including phenoxy) is 1. The lowest BCUT2D eigenvalue weighted by molar-refractivity contribution is -0.140. The molecular formula is C18H17ClFNO4S. The Kier molecular flexibility index (Phi) is 5.60. The number of esters is 1. The van der Waals surface area contributed by atoms with Crippen molar-refractivity contribution in [3.05, 3.63) is 59.4 Å². The molecular weight excluding hydrogens is 381 g/mol. The first-order valence-corrected chi connectivity index (χ1v) is 9.91. The van der Waals surface area contributed by atoms with Gasteiger partial charge in [0.1, 0.15) is 11.6 Å². The zero-order valence-electron chi connectivity index (χ0n) is 13.8. The smallest absolute Gasteiger partial charge is 0.315 e. The molecule has 138 valence electrons. The number of hydrogen-bond donors (Lipinski definition) is 0. The van der Waals surface area contributed by atoms with Gasteiger partial charge in [-0.1, -0.05) is 23.7 Å². The molecule has 1 aliphatic heterocycles. The van der Waals surface area contributed by atoms with Gasteiger partial charge in [-0.15, -0.1) is 0 Å². The quantitative estimate of drug-likeness (QED) is 0.585. The van der Waals surface area contributed by atoms with E-state index in [1.165, 1.54) is 16.4 Å². The van der Waals surface area contributed by atoms with E-state index in [0.717, 1.165) is 12.1 Å². The summed E-state index contributed by atoms with van der Waals surface area (Å²) < 4.78 is 45.0. The van der Waals surface area contributed by atoms with Gasteiger partial charge >= 0.3 is 5.97 Å². The van der Waals surface area contributed by atoms with E-state index in [9.17, 15) is 17.6 Å². The SMILES string of the molecule is O=C(Oc1ccccc1Cl)C1CCCN(S(=O)(=O)c2ccc(F)cc2)C1. The van der Waals surface area contributed by atoms with E-state index in [4.69, 9.17) is 16.3 Å². The molecule has 0 amide bonds. The summed E-state index contributed by atoms with van der Waals surface area (Å²) in [6.45, 7) is 0.318. The number of nitrogens with zero attached hydrogens (tertiary/aromatic N) is 1. The maximum atomic E-state index is 13.0. The minimum absolute atomic E-state index is 0.000906. The summed E-state index contributed by atoms with van der Waals surface area (Å²) in [6, 6.07) is 11.2. The van der Waals surface area contributed by atoms with Crippen LogP contribution in [-0.4, -0.2) is 31.8 Å². The summed E-state index contributed by atoms with van der Waals surface area (Å²) in [5.74, 6) is -1.37. The Labute approximate surface area is 156 Å². The Morgan fingerprint density at radius 1 is 1.15 bits per heavy atom. The van der Waals surface area contributed by atoms with E-state index < -0.39 is 27.7 Å². The van der Waals surface area contributed by atoms with Gasteiger partial charge in [-0.2, -0.15) is 4.31 Å². The lowest BCUT2D eigenvalue weighted by Crippen LogP contribution is -2.43. The van der Waals surface area contributed by atoms with Crippen molar-refractivity contribution in [2.45, 2.75) is 17.7 Å². The van der Waals surface area contributed by atoms with Gasteiger partial charge in [-0.25, -0.2) is 12.8 Å². The molecule has 0 aliphatic carbocycles. The standard InChI is InChI=1S/C18H17ClFNO4S/c19-16-5-1-2-6-17(16)25-18(22)13-4-3-11-21(12-13)26(23,24)15-9-7-14(20)8-10-15/h1-2,5-10,13H,3-4,11-12H2. The average molecular weight is 398 g/mol. The van der Waals surface area contributed by atoms with Crippen LogP contribution in [0, 0.1) is 11.7 Å². The highest BCUT2D eigenvalue weighted by Crippen LogP contribution is 2.28. The van der Waals surface area contributed by atoms with Crippen LogP contribution in [0.5, 0.6) is 5.75 Å². The number of rotatable bonds is 4. The molecule has 1 fully saturated rings. The summed E-state index contributed by atoms with van der Waals surface area (Å²) in [7, 11) is -3.79. The van der Waals surface area contributed by atoms with Crippen molar-refractivity contribution in [2.75, 3.05) is 13.1 Å². The Bertz CT molecular complexity index is 902. The van der Waals surface area contributed by atoms with E-state index in [2.05, 4.69) is 0 Å². The maximum Gasteiger partial charge on any atom is 0.315 e. The fraction of sp³-hybridized carbons (Fsp3) is 0.278. The minimum Gasteiger partial charge on any atom is -0.425 e. The highest BCUT2D eigenvalue weighted by Gasteiger charge is 2.34. The van der Waals surface area contributed by atoms with Crippen LogP contribution in [0.1, 0.15) is 12.8 Å². The van der Waals surface area contributed by atoms with Gasteiger partial charge in [0, 0.05) is 13.1 Å². The second kappa shape index (κ2) is 7.73. The van der Waals surface area contributed by atoms with Gasteiger partial charge in [0.25, 0.3) is 0 Å². The first-order valence-electron chi connectivity index (χ1n) is 8.10. The van der Waals surface area contributed by atoms with Crippen molar-refractivity contribution in [3.8, 4) is 5.75 Å². The van der Waals surface area contributed by atoms with E-state index in [1.807, 2.05) is 0 Å². The van der Waals surface area contributed by atoms with Crippen molar-refractivity contribution in [3.63, 3.8) is 0 Å². The first-order chi connectivity index (χ1) is 12.4. The summed E-state index contributed by atoms with van der Waals surface area (Å²) in [5, 5.41) is 0.312. The molecule has 2 aromatic rings. The number of halogens is 2. The van der Waals surface area contributed by atoms with Gasteiger partial charge < -0.3 is 4.74 Å². The summed E-state index contributed by atoms with van der Waals surface area (Å²) in [4.78, 5) is 12.4. The van der Waals surface area contributed by atoms with Crippen molar-refractivity contribution in [1.29, 1.82) is 0 Å². The second-order valence-corrected chi connectivity index (χ2v) is 8.35. The van der Waals surface area contributed by atoms with Crippen LogP contribution < -0.4 is 4.74 Å². The second-order valence-electron chi connectivity index (χ2n) is 6.01. The Morgan fingerprint density at radius 3 is 2.54 bits per heavy atom. The Balaban J connectivity index is 1.73. The summed E-state index contributed by atoms with van der Waals surface area (Å²) in [5.41, 5.74) is 0. The van der Waals surface area contributed by atoms with Gasteiger partial charge in [-0.05, 0) is 49.2 Å². The van der Waals surface area contributed by atoms with Crippen LogP contribution in [0.25, 0.3) is 0 Å². The summed E-state index contributed by atoms with van der Waals surface area (Å²) in [6.07, 6.45) is 1.06. The first kappa shape index (κ1) is 18.8. The minimum atomic E-state index is -3.79. The third-order valence-electron chi connectivity index (χ3n) is 4.22. The van der Waals surface area contributed by atoms with Crippen LogP contribution in [0.4, 0.5) is 4.39 Å². The number of benzene rings is 2. The molecule has 0 aromatic heterocycles. The molecule has 1 saturated heterocycles. The molecule has 0 N–H and O–H groups in total. The molecule has 0 bridgehead atoms. The molecule has 1 atom stereocenters. The third kappa shape index (κ3) is 4.06. The third-order valence-corrected chi connectivity index (χ3v) is 6.41. The Morgan fingerprint density at radius 2 is 1.85 bits per heavy atom. The molecule has 1 heterocycles. The van der Waals surface area contributed by atoms with Crippen LogP contribution in [0.15, 0.2) is 53.4 Å². The largest absolute Gasteiger partial charge is 0.425 e. The van der Waals surface area contributed by atoms with Gasteiger partial charge in [0.2, 0.25) is 10.0 Å². The summed E-state index contributed by atoms with van der Waals surface area (Å²) >= 11 is 5.99. The number of piperidine rings is 1. The molecule has 2 aromatic carbocycles. The number of carbonyl (C=O) groups is 1. The molecule has 26 heavy (non-hydrogen) atoms. The zero-order valence-corrected chi connectivity index (χ0v) is 15.3. The molecule has 1 aliphatic rings. The lowest BCUT2D eigenvalue weighted by Gasteiger charge is -2.30. The predicted molar refractivity (Wildman–Crippen MR) is 95.0 cm³/mol. The molecule has 0 radical (unpaired) electrons. The number of hydrogen-bond acceptors (Lipinski definition) is 4. The van der Waals surface area contributed by atoms with Crippen LogP contribution in [0.3, 0.4) is 0 Å². The van der Waals surface area contributed by atoms with Crippen LogP contribution >= 0.6 is 11.6 Å². The molecule has 5 nitrogen and oxygen atoms in total. The fourth-order valence-corrected chi connectivity index (χ4v) is 4.53. The molecule has 1 unspecified atom stereocenters.